The molecule has 0 spiro atoms. The van der Waals surface area contributed by atoms with Crippen LogP contribution in [-0.2, 0) is 15.9 Å². The molecule has 0 N–H and O–H groups in total. The number of hydrogen-bond acceptors (Lipinski definition) is 2. The fraction of sp³-hybridized carbons (Fsp3) is 0.455. The molecule has 0 bridgehead atoms. The predicted octanol–water partition coefficient (Wildman–Crippen LogP) is 2.73. The topological polar surface area (TPSA) is 37.4 Å². The predicted molar refractivity (Wildman–Crippen MR) is 66.0 cm³/mol. The minimum absolute atomic E-state index is 0.259. The van der Waals surface area contributed by atoms with E-state index in [1.807, 2.05) is 0 Å². The molecule has 0 unspecified atom stereocenters. The summed E-state index contributed by atoms with van der Waals surface area (Å²) in [7, 11) is -2.60. The van der Waals surface area contributed by atoms with Gasteiger partial charge in [-0.1, -0.05) is 6.92 Å². The molecule has 18 heavy (non-hydrogen) atoms. The molecular formula is C11H14ClF2NO2S. The number of alkyl halides is 1. The Morgan fingerprint density at radius 1 is 1.33 bits per heavy atom. The Hall–Kier alpha value is -0.720. The quantitative estimate of drug-likeness (QED) is 0.784. The van der Waals surface area contributed by atoms with E-state index in [9.17, 15) is 17.2 Å². The van der Waals surface area contributed by atoms with E-state index in [-0.39, 0.29) is 6.54 Å². The monoisotopic (exact) mass is 297 g/mol. The van der Waals surface area contributed by atoms with Gasteiger partial charge in [-0.15, -0.1) is 11.6 Å². The number of nitrogens with zero attached hydrogens (tertiary/aromatic N) is 1. The first-order chi connectivity index (χ1) is 8.36. The molecule has 1 rings (SSSR count). The normalized spacial score (nSPS) is 12.1. The third-order valence-corrected chi connectivity index (χ3v) is 4.65. The van der Waals surface area contributed by atoms with Gasteiger partial charge in [-0.05, 0) is 18.6 Å². The van der Waals surface area contributed by atoms with Crippen LogP contribution in [0.15, 0.2) is 17.0 Å². The van der Waals surface area contributed by atoms with E-state index in [2.05, 4.69) is 0 Å². The number of sulfonamides is 1. The maximum atomic E-state index is 13.9. The summed E-state index contributed by atoms with van der Waals surface area (Å²) in [5.41, 5.74) is -0.428. The number of hydrogen-bond donors (Lipinski definition) is 0. The molecule has 0 amide bonds. The zero-order chi connectivity index (χ0) is 13.9. The molecule has 7 heteroatoms. The lowest BCUT2D eigenvalue weighted by molar-refractivity contribution is 0.459. The number of benzene rings is 1. The fourth-order valence-corrected chi connectivity index (χ4v) is 3.09. The van der Waals surface area contributed by atoms with Crippen LogP contribution in [0.5, 0.6) is 0 Å². The van der Waals surface area contributed by atoms with E-state index in [1.165, 1.54) is 7.05 Å². The highest BCUT2D eigenvalue weighted by Gasteiger charge is 2.26. The summed E-state index contributed by atoms with van der Waals surface area (Å²) in [6.45, 7) is 2.06. The minimum atomic E-state index is -3.95. The van der Waals surface area contributed by atoms with E-state index in [4.69, 9.17) is 11.6 Å². The van der Waals surface area contributed by atoms with Crippen LogP contribution in [0.2, 0.25) is 0 Å². The standard InChI is InChI=1S/C11H14ClF2NO2S/c1-3-6-15(2)18(16,17)10-5-4-9(13)8(7-12)11(10)14/h4-5H,3,6-7H2,1-2H3. The van der Waals surface area contributed by atoms with Gasteiger partial charge in [0.15, 0.2) is 5.82 Å². The van der Waals surface area contributed by atoms with Crippen LogP contribution >= 0.6 is 11.6 Å². The second kappa shape index (κ2) is 5.95. The number of halogens is 3. The molecule has 3 nitrogen and oxygen atoms in total. The largest absolute Gasteiger partial charge is 0.245 e. The van der Waals surface area contributed by atoms with Gasteiger partial charge in [0, 0.05) is 19.2 Å². The van der Waals surface area contributed by atoms with Crippen LogP contribution in [0, 0.1) is 11.6 Å². The van der Waals surface area contributed by atoms with E-state index >= 15 is 0 Å². The zero-order valence-electron chi connectivity index (χ0n) is 10.1. The van der Waals surface area contributed by atoms with Crippen molar-refractivity contribution in [1.82, 2.24) is 4.31 Å². The molecule has 0 radical (unpaired) electrons. The third kappa shape index (κ3) is 2.81. The second-order valence-corrected chi connectivity index (χ2v) is 6.08. The van der Waals surface area contributed by atoms with Crippen LogP contribution in [0.1, 0.15) is 18.9 Å². The van der Waals surface area contributed by atoms with Crippen molar-refractivity contribution in [3.63, 3.8) is 0 Å². The third-order valence-electron chi connectivity index (χ3n) is 2.51. The molecule has 0 atom stereocenters. The van der Waals surface area contributed by atoms with Crippen LogP contribution in [0.25, 0.3) is 0 Å². The van der Waals surface area contributed by atoms with Crippen molar-refractivity contribution in [2.24, 2.45) is 0 Å². The summed E-state index contributed by atoms with van der Waals surface area (Å²) in [6, 6.07) is 1.83. The molecule has 0 aliphatic carbocycles. The van der Waals surface area contributed by atoms with Crippen molar-refractivity contribution in [3.05, 3.63) is 29.3 Å². The van der Waals surface area contributed by atoms with Crippen LogP contribution in [-0.4, -0.2) is 26.3 Å². The van der Waals surface area contributed by atoms with Crippen molar-refractivity contribution in [1.29, 1.82) is 0 Å². The van der Waals surface area contributed by atoms with Crippen molar-refractivity contribution in [3.8, 4) is 0 Å². The van der Waals surface area contributed by atoms with Crippen molar-refractivity contribution < 1.29 is 17.2 Å². The molecule has 0 heterocycles. The number of rotatable bonds is 5. The molecule has 0 aromatic heterocycles. The van der Waals surface area contributed by atoms with Gasteiger partial charge in [0.05, 0.1) is 5.88 Å². The molecule has 0 fully saturated rings. The van der Waals surface area contributed by atoms with Crippen LogP contribution < -0.4 is 0 Å². The van der Waals surface area contributed by atoms with Crippen molar-refractivity contribution in [2.75, 3.05) is 13.6 Å². The Labute approximate surface area is 110 Å². The highest BCUT2D eigenvalue weighted by molar-refractivity contribution is 7.89. The summed E-state index contributed by atoms with van der Waals surface area (Å²) in [5.74, 6) is -2.38. The Morgan fingerprint density at radius 3 is 2.44 bits per heavy atom. The van der Waals surface area contributed by atoms with Gasteiger partial charge in [-0.2, -0.15) is 0 Å². The smallest absolute Gasteiger partial charge is 0.207 e. The Balaban J connectivity index is 3.34. The van der Waals surface area contributed by atoms with E-state index in [0.717, 1.165) is 16.4 Å². The molecule has 1 aromatic carbocycles. The first kappa shape index (κ1) is 15.3. The summed E-state index contributed by atoms with van der Waals surface area (Å²) in [6.07, 6.45) is 0.598. The molecule has 0 saturated carbocycles. The van der Waals surface area contributed by atoms with Crippen molar-refractivity contribution in [2.45, 2.75) is 24.1 Å². The lowest BCUT2D eigenvalue weighted by Gasteiger charge is -2.17. The molecule has 0 aliphatic heterocycles. The highest BCUT2D eigenvalue weighted by atomic mass is 35.5. The van der Waals surface area contributed by atoms with E-state index < -0.39 is 38.0 Å². The van der Waals surface area contributed by atoms with Crippen LogP contribution in [0.3, 0.4) is 0 Å². The summed E-state index contributed by atoms with van der Waals surface area (Å²) in [4.78, 5) is -0.546. The van der Waals surface area contributed by atoms with Gasteiger partial charge in [-0.3, -0.25) is 0 Å². The summed E-state index contributed by atoms with van der Waals surface area (Å²) >= 11 is 5.41. The van der Waals surface area contributed by atoms with Crippen molar-refractivity contribution >= 4 is 21.6 Å². The van der Waals surface area contributed by atoms with Crippen LogP contribution in [0.4, 0.5) is 8.78 Å². The molecule has 0 saturated heterocycles. The average molecular weight is 298 g/mol. The molecule has 102 valence electrons. The van der Waals surface area contributed by atoms with Gasteiger partial charge in [0.2, 0.25) is 10.0 Å². The minimum Gasteiger partial charge on any atom is -0.207 e. The Kier molecular flexibility index (Phi) is 5.07. The van der Waals surface area contributed by atoms with Gasteiger partial charge in [0.1, 0.15) is 10.7 Å². The van der Waals surface area contributed by atoms with E-state index in [0.29, 0.717) is 6.42 Å². The van der Waals surface area contributed by atoms with Gasteiger partial charge >= 0.3 is 0 Å². The highest BCUT2D eigenvalue weighted by Crippen LogP contribution is 2.24. The fourth-order valence-electron chi connectivity index (χ4n) is 1.50. The van der Waals surface area contributed by atoms with Gasteiger partial charge in [0.25, 0.3) is 0 Å². The van der Waals surface area contributed by atoms with E-state index in [1.54, 1.807) is 6.92 Å². The zero-order valence-corrected chi connectivity index (χ0v) is 11.7. The molecular weight excluding hydrogens is 284 g/mol. The van der Waals surface area contributed by atoms with Gasteiger partial charge in [-0.25, -0.2) is 21.5 Å². The Bertz CT molecular complexity index is 534. The SMILES string of the molecule is CCCN(C)S(=O)(=O)c1ccc(F)c(CCl)c1F. The maximum Gasteiger partial charge on any atom is 0.245 e. The first-order valence-electron chi connectivity index (χ1n) is 5.35. The summed E-state index contributed by atoms with van der Waals surface area (Å²) < 4.78 is 52.2. The molecule has 0 aliphatic rings. The maximum absolute atomic E-state index is 13.9. The lowest BCUT2D eigenvalue weighted by atomic mass is 10.2. The molecule has 1 aromatic rings. The van der Waals surface area contributed by atoms with Gasteiger partial charge < -0.3 is 0 Å². The first-order valence-corrected chi connectivity index (χ1v) is 7.32. The second-order valence-electron chi connectivity index (χ2n) is 3.80. The average Bonchev–Trinajstić information content (AvgIpc) is 2.29. The lowest BCUT2D eigenvalue weighted by Crippen LogP contribution is -2.28. The Morgan fingerprint density at radius 2 is 1.94 bits per heavy atom. The summed E-state index contributed by atoms with van der Waals surface area (Å²) in [5, 5.41) is 0.